The average molecular weight is 497 g/mol. The third-order valence-corrected chi connectivity index (χ3v) is 6.75. The zero-order valence-corrected chi connectivity index (χ0v) is 20.3. The van der Waals surface area contributed by atoms with Crippen LogP contribution in [0.3, 0.4) is 0 Å². The number of aliphatic hydroxyl groups is 1. The van der Waals surface area contributed by atoms with Crippen molar-refractivity contribution in [2.45, 2.75) is 50.7 Å². The van der Waals surface area contributed by atoms with Crippen LogP contribution in [-0.4, -0.2) is 49.4 Å². The topological polar surface area (TPSA) is 104 Å². The summed E-state index contributed by atoms with van der Waals surface area (Å²) in [6.45, 7) is 2.82. The number of amides is 1. The van der Waals surface area contributed by atoms with Crippen molar-refractivity contribution in [2.75, 3.05) is 13.2 Å². The van der Waals surface area contributed by atoms with Gasteiger partial charge in [-0.1, -0.05) is 30.9 Å². The lowest BCUT2D eigenvalue weighted by molar-refractivity contribution is -0.0250. The number of nitrogens with zero attached hydrogens (tertiary/aromatic N) is 4. The van der Waals surface area contributed by atoms with Crippen LogP contribution in [0.1, 0.15) is 61.0 Å². The van der Waals surface area contributed by atoms with E-state index >= 15 is 0 Å². The number of aromatic nitrogens is 3. The highest BCUT2D eigenvalue weighted by molar-refractivity contribution is 6.30. The van der Waals surface area contributed by atoms with E-state index in [1.807, 2.05) is 30.3 Å². The first kappa shape index (κ1) is 23.6. The average Bonchev–Trinajstić information content (AvgIpc) is 3.44. The SMILES string of the molecule is CCOc1ccc(Cl)cc1C1NN(CC2(O)CCCCC2)C=C1NC(=O)c1cnn2cccnc12. The number of fused-ring (bicyclic) bond motifs is 1. The molecule has 0 spiro atoms. The lowest BCUT2D eigenvalue weighted by Crippen LogP contribution is -2.46. The lowest BCUT2D eigenvalue weighted by Gasteiger charge is -2.35. The number of hydrazine groups is 1. The van der Waals surface area contributed by atoms with Gasteiger partial charge in [0.15, 0.2) is 5.65 Å². The summed E-state index contributed by atoms with van der Waals surface area (Å²) in [4.78, 5) is 17.6. The van der Waals surface area contributed by atoms with Crippen molar-refractivity contribution >= 4 is 23.2 Å². The predicted molar refractivity (Wildman–Crippen MR) is 132 cm³/mol. The van der Waals surface area contributed by atoms with Crippen molar-refractivity contribution in [3.05, 3.63) is 70.9 Å². The van der Waals surface area contributed by atoms with E-state index < -0.39 is 11.6 Å². The highest BCUT2D eigenvalue weighted by Crippen LogP contribution is 2.36. The Kier molecular flexibility index (Phi) is 6.64. The van der Waals surface area contributed by atoms with E-state index in [2.05, 4.69) is 20.8 Å². The number of hydrogen-bond donors (Lipinski definition) is 3. The number of rotatable bonds is 7. The number of β-amino-alcohol motifs (C(OH)–C–C–N with tert-alkyl or cyclic N) is 1. The van der Waals surface area contributed by atoms with Gasteiger partial charge in [0.05, 0.1) is 36.7 Å². The number of nitrogens with one attached hydrogen (secondary N) is 2. The van der Waals surface area contributed by atoms with Crippen molar-refractivity contribution in [1.29, 1.82) is 0 Å². The molecule has 1 amide bonds. The van der Waals surface area contributed by atoms with E-state index in [-0.39, 0.29) is 5.91 Å². The highest BCUT2D eigenvalue weighted by Gasteiger charge is 2.36. The van der Waals surface area contributed by atoms with Gasteiger partial charge in [-0.2, -0.15) is 5.10 Å². The zero-order valence-electron chi connectivity index (χ0n) is 19.6. The Bertz CT molecular complexity index is 1250. The highest BCUT2D eigenvalue weighted by atomic mass is 35.5. The molecule has 1 fully saturated rings. The normalized spacial score (nSPS) is 19.6. The van der Waals surface area contributed by atoms with E-state index in [4.69, 9.17) is 16.3 Å². The summed E-state index contributed by atoms with van der Waals surface area (Å²) in [6, 6.07) is 6.76. The lowest BCUT2D eigenvalue weighted by atomic mass is 9.85. The summed E-state index contributed by atoms with van der Waals surface area (Å²) in [5.74, 6) is 0.348. The number of carbonyl (C=O) groups excluding carboxylic acids is 1. The molecule has 2 aromatic heterocycles. The summed E-state index contributed by atoms with van der Waals surface area (Å²) in [5, 5.41) is 20.8. The van der Waals surface area contributed by atoms with E-state index in [0.717, 1.165) is 37.7 Å². The third kappa shape index (κ3) is 4.98. The molecule has 1 aromatic carbocycles. The van der Waals surface area contributed by atoms with E-state index in [1.54, 1.807) is 29.0 Å². The molecule has 1 aliphatic carbocycles. The van der Waals surface area contributed by atoms with Crippen molar-refractivity contribution in [2.24, 2.45) is 0 Å². The zero-order chi connectivity index (χ0) is 24.4. The maximum absolute atomic E-state index is 13.3. The molecule has 3 aromatic rings. The molecule has 10 heteroatoms. The summed E-state index contributed by atoms with van der Waals surface area (Å²) in [5.41, 5.74) is 4.90. The van der Waals surface area contributed by atoms with Crippen LogP contribution in [0.15, 0.2) is 54.8 Å². The second-order valence-corrected chi connectivity index (χ2v) is 9.51. The van der Waals surface area contributed by atoms with Crippen LogP contribution >= 0.6 is 11.6 Å². The van der Waals surface area contributed by atoms with Crippen molar-refractivity contribution < 1.29 is 14.6 Å². The molecule has 1 unspecified atom stereocenters. The molecule has 0 radical (unpaired) electrons. The van der Waals surface area contributed by atoms with Crippen molar-refractivity contribution in [1.82, 2.24) is 30.3 Å². The number of hydrogen-bond acceptors (Lipinski definition) is 7. The van der Waals surface area contributed by atoms with Crippen LogP contribution in [-0.2, 0) is 0 Å². The van der Waals surface area contributed by atoms with Crippen molar-refractivity contribution in [3.8, 4) is 5.75 Å². The van der Waals surface area contributed by atoms with Crippen LogP contribution in [0.2, 0.25) is 5.02 Å². The number of halogens is 1. The van der Waals surface area contributed by atoms with Gasteiger partial charge < -0.3 is 20.2 Å². The first-order chi connectivity index (χ1) is 17.0. The van der Waals surface area contributed by atoms with Crippen LogP contribution in [0, 0.1) is 0 Å². The van der Waals surface area contributed by atoms with Crippen LogP contribution in [0.5, 0.6) is 5.75 Å². The quantitative estimate of drug-likeness (QED) is 0.459. The molecule has 1 saturated carbocycles. The minimum Gasteiger partial charge on any atom is -0.494 e. The van der Waals surface area contributed by atoms with Gasteiger partial charge in [0, 0.05) is 29.2 Å². The monoisotopic (exact) mass is 496 g/mol. The fraction of sp³-hybridized carbons (Fsp3) is 0.400. The summed E-state index contributed by atoms with van der Waals surface area (Å²) in [7, 11) is 0. The molecule has 0 saturated heterocycles. The molecular weight excluding hydrogens is 468 g/mol. The molecule has 1 atom stereocenters. The smallest absolute Gasteiger partial charge is 0.261 e. The fourth-order valence-corrected chi connectivity index (χ4v) is 5.03. The molecule has 2 aliphatic rings. The van der Waals surface area contributed by atoms with Gasteiger partial charge in [0.1, 0.15) is 11.3 Å². The molecule has 35 heavy (non-hydrogen) atoms. The first-order valence-electron chi connectivity index (χ1n) is 11.9. The first-order valence-corrected chi connectivity index (χ1v) is 12.3. The Hall–Kier alpha value is -3.14. The summed E-state index contributed by atoms with van der Waals surface area (Å²) < 4.78 is 7.42. The Labute approximate surface area is 208 Å². The van der Waals surface area contributed by atoms with E-state index in [0.29, 0.717) is 40.8 Å². The van der Waals surface area contributed by atoms with Crippen LogP contribution in [0.4, 0.5) is 0 Å². The Morgan fingerprint density at radius 1 is 1.34 bits per heavy atom. The minimum atomic E-state index is -0.783. The Morgan fingerprint density at radius 2 is 2.17 bits per heavy atom. The maximum atomic E-state index is 13.3. The van der Waals surface area contributed by atoms with Crippen molar-refractivity contribution in [3.63, 3.8) is 0 Å². The number of benzene rings is 1. The van der Waals surface area contributed by atoms with Crippen LogP contribution in [0.25, 0.3) is 5.65 Å². The van der Waals surface area contributed by atoms with Gasteiger partial charge in [0.2, 0.25) is 0 Å². The van der Waals surface area contributed by atoms with E-state index in [1.165, 1.54) is 6.20 Å². The second kappa shape index (κ2) is 9.85. The molecule has 3 heterocycles. The standard InChI is InChI=1S/C25H29ClN6O3/c1-2-35-21-8-7-17(26)13-18(21)22-20(15-31(30-22)16-25(34)9-4-3-5-10-25)29-24(33)19-14-28-32-12-6-11-27-23(19)32/h6-8,11-15,22,30,34H,2-5,9-10,16H2,1H3,(H,29,33). The van der Waals surface area contributed by atoms with Gasteiger partial charge in [-0.15, -0.1) is 0 Å². The van der Waals surface area contributed by atoms with Gasteiger partial charge in [-0.3, -0.25) is 4.79 Å². The molecular formula is C25H29ClN6O3. The van der Waals surface area contributed by atoms with Gasteiger partial charge in [-0.05, 0) is 44.0 Å². The largest absolute Gasteiger partial charge is 0.494 e. The molecule has 9 nitrogen and oxygen atoms in total. The Balaban J connectivity index is 1.46. The Morgan fingerprint density at radius 3 is 2.97 bits per heavy atom. The predicted octanol–water partition coefficient (Wildman–Crippen LogP) is 3.61. The minimum absolute atomic E-state index is 0.324. The van der Waals surface area contributed by atoms with Gasteiger partial charge in [0.25, 0.3) is 5.91 Å². The summed E-state index contributed by atoms with van der Waals surface area (Å²) in [6.07, 6.45) is 11.4. The molecule has 184 valence electrons. The van der Waals surface area contributed by atoms with E-state index in [9.17, 15) is 9.90 Å². The third-order valence-electron chi connectivity index (χ3n) is 6.51. The number of carbonyl (C=O) groups is 1. The van der Waals surface area contributed by atoms with Gasteiger partial charge >= 0.3 is 0 Å². The second-order valence-electron chi connectivity index (χ2n) is 9.07. The fourth-order valence-electron chi connectivity index (χ4n) is 4.85. The number of ether oxygens (including phenoxy) is 1. The molecule has 3 N–H and O–H groups in total. The summed E-state index contributed by atoms with van der Waals surface area (Å²) >= 11 is 6.35. The van der Waals surface area contributed by atoms with Crippen LogP contribution < -0.4 is 15.5 Å². The maximum Gasteiger partial charge on any atom is 0.261 e. The van der Waals surface area contributed by atoms with Gasteiger partial charge in [-0.25, -0.2) is 14.9 Å². The molecule has 5 rings (SSSR count). The molecule has 0 bridgehead atoms. The molecule has 1 aliphatic heterocycles.